The highest BCUT2D eigenvalue weighted by molar-refractivity contribution is 7.15. The number of thiazole rings is 1. The first kappa shape index (κ1) is 12.7. The number of benzene rings is 1. The predicted molar refractivity (Wildman–Crippen MR) is 80.2 cm³/mol. The first-order chi connectivity index (χ1) is 9.11. The molecule has 0 saturated carbocycles. The Morgan fingerprint density at radius 2 is 2.21 bits per heavy atom. The summed E-state index contributed by atoms with van der Waals surface area (Å²) in [6, 6.07) is 3.85. The Morgan fingerprint density at radius 1 is 1.37 bits per heavy atom. The van der Waals surface area contributed by atoms with Gasteiger partial charge in [0.1, 0.15) is 0 Å². The summed E-state index contributed by atoms with van der Waals surface area (Å²) in [5, 5.41) is 9.31. The number of halogens is 2. The third-order valence-corrected chi connectivity index (χ3v) is 4.11. The lowest BCUT2D eigenvalue weighted by Crippen LogP contribution is -1.97. The maximum atomic E-state index is 6.23. The molecule has 1 aromatic carbocycles. The van der Waals surface area contributed by atoms with Crippen LogP contribution in [0, 0.1) is 0 Å². The summed E-state index contributed by atoms with van der Waals surface area (Å²) < 4.78 is 2.32. The van der Waals surface area contributed by atoms with Crippen LogP contribution in [0.4, 0.5) is 5.69 Å². The van der Waals surface area contributed by atoms with Gasteiger partial charge in [-0.25, -0.2) is 4.98 Å². The van der Waals surface area contributed by atoms with Crippen LogP contribution in [0.2, 0.25) is 9.49 Å². The largest absolute Gasteiger partial charge is 0.379 e. The number of hydrogen-bond acceptors (Lipinski definition) is 4. The number of rotatable bonds is 3. The van der Waals surface area contributed by atoms with E-state index in [0.29, 0.717) is 16.0 Å². The minimum Gasteiger partial charge on any atom is -0.379 e. The van der Waals surface area contributed by atoms with Gasteiger partial charge in [0.15, 0.2) is 4.47 Å². The fourth-order valence-corrected chi connectivity index (χ4v) is 3.00. The topological polar surface area (TPSA) is 42.7 Å². The van der Waals surface area contributed by atoms with Gasteiger partial charge in [-0.3, -0.25) is 4.68 Å². The molecule has 3 aromatic rings. The quantitative estimate of drug-likeness (QED) is 0.796. The maximum Gasteiger partial charge on any atom is 0.183 e. The van der Waals surface area contributed by atoms with Crippen LogP contribution < -0.4 is 5.32 Å². The molecule has 0 fully saturated rings. The number of nitrogens with zero attached hydrogens (tertiary/aromatic N) is 3. The summed E-state index contributed by atoms with van der Waals surface area (Å²) in [7, 11) is 1.89. The van der Waals surface area contributed by atoms with Gasteiger partial charge in [0.2, 0.25) is 0 Å². The molecule has 0 radical (unpaired) electrons. The molecule has 0 atom stereocenters. The fourth-order valence-electron chi connectivity index (χ4n) is 1.85. The second-order valence-corrected chi connectivity index (χ2v) is 6.23. The molecule has 7 heteroatoms. The lowest BCUT2D eigenvalue weighted by atomic mass is 10.2. The number of fused-ring (bicyclic) bond motifs is 1. The number of hydrogen-bond donors (Lipinski definition) is 1. The Balaban J connectivity index is 1.85. The third kappa shape index (κ3) is 2.68. The smallest absolute Gasteiger partial charge is 0.183 e. The van der Waals surface area contributed by atoms with Gasteiger partial charge >= 0.3 is 0 Å². The SMILES string of the molecule is Cn1cc2cc(NCc3cnc(Cl)s3)c(Cl)cc2n1. The van der Waals surface area contributed by atoms with Gasteiger partial charge in [-0.2, -0.15) is 5.10 Å². The summed E-state index contributed by atoms with van der Waals surface area (Å²) in [4.78, 5) is 5.06. The lowest BCUT2D eigenvalue weighted by Gasteiger charge is -2.06. The summed E-state index contributed by atoms with van der Waals surface area (Å²) in [5.74, 6) is 0. The van der Waals surface area contributed by atoms with Gasteiger partial charge in [0.25, 0.3) is 0 Å². The summed E-state index contributed by atoms with van der Waals surface area (Å²) >= 11 is 13.5. The van der Waals surface area contributed by atoms with Crippen molar-refractivity contribution in [1.29, 1.82) is 0 Å². The molecule has 2 aromatic heterocycles. The van der Waals surface area contributed by atoms with Crippen molar-refractivity contribution in [3.63, 3.8) is 0 Å². The van der Waals surface area contributed by atoms with E-state index in [0.717, 1.165) is 21.5 Å². The van der Waals surface area contributed by atoms with Gasteiger partial charge in [-0.05, 0) is 12.1 Å². The average molecular weight is 313 g/mol. The predicted octanol–water partition coefficient (Wildman–Crippen LogP) is 3.95. The minimum absolute atomic E-state index is 0.547. The second kappa shape index (κ2) is 5.00. The normalized spacial score (nSPS) is 11.1. The maximum absolute atomic E-state index is 6.23. The van der Waals surface area contributed by atoms with E-state index in [1.807, 2.05) is 25.4 Å². The van der Waals surface area contributed by atoms with Crippen molar-refractivity contribution < 1.29 is 0 Å². The zero-order chi connectivity index (χ0) is 13.4. The Hall–Kier alpha value is -1.30. The van der Waals surface area contributed by atoms with Gasteiger partial charge in [-0.1, -0.05) is 23.2 Å². The van der Waals surface area contributed by atoms with Crippen LogP contribution in [0.5, 0.6) is 0 Å². The molecule has 98 valence electrons. The Bertz CT molecular complexity index is 734. The molecular weight excluding hydrogens is 303 g/mol. The highest BCUT2D eigenvalue weighted by Crippen LogP contribution is 2.28. The summed E-state index contributed by atoms with van der Waals surface area (Å²) in [6.45, 7) is 0.649. The molecular formula is C12H10Cl2N4S. The van der Waals surface area contributed by atoms with Gasteiger partial charge < -0.3 is 5.32 Å². The van der Waals surface area contributed by atoms with Crippen molar-refractivity contribution in [2.24, 2.45) is 7.05 Å². The first-order valence-corrected chi connectivity index (χ1v) is 7.16. The minimum atomic E-state index is 0.547. The van der Waals surface area contributed by atoms with Crippen LogP contribution in [-0.4, -0.2) is 14.8 Å². The molecule has 0 aliphatic carbocycles. The monoisotopic (exact) mass is 312 g/mol. The third-order valence-electron chi connectivity index (χ3n) is 2.69. The number of nitrogens with one attached hydrogen (secondary N) is 1. The molecule has 0 aliphatic heterocycles. The van der Waals surface area contributed by atoms with Gasteiger partial charge in [0.05, 0.1) is 22.8 Å². The zero-order valence-corrected chi connectivity index (χ0v) is 12.4. The molecule has 0 aliphatic rings. The van der Waals surface area contributed by atoms with Crippen LogP contribution in [0.3, 0.4) is 0 Å². The van der Waals surface area contributed by atoms with E-state index in [9.17, 15) is 0 Å². The van der Waals surface area contributed by atoms with Crippen LogP contribution >= 0.6 is 34.5 Å². The van der Waals surface area contributed by atoms with E-state index >= 15 is 0 Å². The molecule has 19 heavy (non-hydrogen) atoms. The number of aryl methyl sites for hydroxylation is 1. The second-order valence-electron chi connectivity index (χ2n) is 4.13. The number of anilines is 1. The molecule has 0 spiro atoms. The highest BCUT2D eigenvalue weighted by Gasteiger charge is 2.07. The van der Waals surface area contributed by atoms with E-state index in [1.54, 1.807) is 10.9 Å². The zero-order valence-electron chi connectivity index (χ0n) is 10.0. The van der Waals surface area contributed by atoms with Gasteiger partial charge in [0, 0.05) is 29.7 Å². The summed E-state index contributed by atoms with van der Waals surface area (Å²) in [6.07, 6.45) is 3.72. The molecule has 0 amide bonds. The molecule has 0 saturated heterocycles. The van der Waals surface area contributed by atoms with Crippen LogP contribution in [0.1, 0.15) is 4.88 Å². The van der Waals surface area contributed by atoms with E-state index < -0.39 is 0 Å². The van der Waals surface area contributed by atoms with E-state index in [1.165, 1.54) is 11.3 Å². The van der Waals surface area contributed by atoms with E-state index in [2.05, 4.69) is 15.4 Å². The molecule has 0 bridgehead atoms. The van der Waals surface area contributed by atoms with Crippen LogP contribution in [-0.2, 0) is 13.6 Å². The van der Waals surface area contributed by atoms with Crippen LogP contribution in [0.15, 0.2) is 24.5 Å². The van der Waals surface area contributed by atoms with Crippen molar-refractivity contribution >= 4 is 51.1 Å². The Labute approximate surface area is 124 Å². The van der Waals surface area contributed by atoms with Crippen molar-refractivity contribution in [1.82, 2.24) is 14.8 Å². The lowest BCUT2D eigenvalue weighted by molar-refractivity contribution is 0.780. The van der Waals surface area contributed by atoms with Crippen LogP contribution in [0.25, 0.3) is 10.9 Å². The van der Waals surface area contributed by atoms with Crippen molar-refractivity contribution in [3.8, 4) is 0 Å². The molecule has 2 heterocycles. The molecule has 0 unspecified atom stereocenters. The Kier molecular flexibility index (Phi) is 3.35. The first-order valence-electron chi connectivity index (χ1n) is 5.59. The average Bonchev–Trinajstić information content (AvgIpc) is 2.91. The fraction of sp³-hybridized carbons (Fsp3) is 0.167. The molecule has 4 nitrogen and oxygen atoms in total. The van der Waals surface area contributed by atoms with E-state index in [4.69, 9.17) is 23.2 Å². The van der Waals surface area contributed by atoms with Gasteiger partial charge in [-0.15, -0.1) is 11.3 Å². The van der Waals surface area contributed by atoms with E-state index in [-0.39, 0.29) is 0 Å². The van der Waals surface area contributed by atoms with Crippen molar-refractivity contribution in [3.05, 3.63) is 38.9 Å². The summed E-state index contributed by atoms with van der Waals surface area (Å²) in [5.41, 5.74) is 1.77. The Morgan fingerprint density at radius 3 is 2.95 bits per heavy atom. The highest BCUT2D eigenvalue weighted by atomic mass is 35.5. The molecule has 1 N–H and O–H groups in total. The van der Waals surface area contributed by atoms with Crippen molar-refractivity contribution in [2.75, 3.05) is 5.32 Å². The molecule has 3 rings (SSSR count). The standard InChI is InChI=1S/C12H10Cl2N4S/c1-18-6-7-2-11(9(13)3-10(7)17-18)15-4-8-5-16-12(14)19-8/h2-3,5-6,15H,4H2,1H3. The number of aromatic nitrogens is 3. The van der Waals surface area contributed by atoms with Crippen molar-refractivity contribution in [2.45, 2.75) is 6.54 Å².